The number of nitrogens with zero attached hydrogens (tertiary/aromatic N) is 3. The molecule has 2 heterocycles. The number of carbonyl (C=O) groups is 1. The van der Waals surface area contributed by atoms with Crippen LogP contribution in [0.25, 0.3) is 11.4 Å². The second kappa shape index (κ2) is 10.2. The molecule has 0 bridgehead atoms. The number of allylic oxidation sites excluding steroid dienone is 1. The highest BCUT2D eigenvalue weighted by atomic mass is 19.4. The number of methoxy groups -OCH3 is 1. The molecule has 3 rings (SSSR count). The summed E-state index contributed by atoms with van der Waals surface area (Å²) in [7, 11) is 1.25. The van der Waals surface area contributed by atoms with Gasteiger partial charge in [-0.3, -0.25) is 4.99 Å². The van der Waals surface area contributed by atoms with E-state index in [1.807, 2.05) is 0 Å². The molecule has 0 amide bonds. The Kier molecular flexibility index (Phi) is 7.41. The number of anilines is 1. The molecular weight excluding hydrogens is 427 g/mol. The van der Waals surface area contributed by atoms with Gasteiger partial charge in [0, 0.05) is 37.4 Å². The average molecular weight is 449 g/mol. The van der Waals surface area contributed by atoms with Crippen molar-refractivity contribution in [2.24, 2.45) is 10.7 Å². The lowest BCUT2D eigenvalue weighted by Gasteiger charge is -2.18. The largest absolute Gasteiger partial charge is 0.465 e. The topological polar surface area (TPSA) is 112 Å². The summed E-state index contributed by atoms with van der Waals surface area (Å²) in [6, 6.07) is 6.00. The van der Waals surface area contributed by atoms with Crippen molar-refractivity contribution in [3.8, 4) is 11.4 Å². The number of hydrogen-bond acceptors (Lipinski definition) is 8. The maximum atomic E-state index is 13.5. The number of benzene rings is 1. The Morgan fingerprint density at radius 3 is 2.56 bits per heavy atom. The van der Waals surface area contributed by atoms with E-state index in [0.717, 1.165) is 19.0 Å². The van der Waals surface area contributed by atoms with Crippen LogP contribution < -0.4 is 11.1 Å². The number of nitrogens with two attached hydrogens (primary N) is 1. The number of nitrogens with one attached hydrogen (secondary N) is 1. The van der Waals surface area contributed by atoms with Crippen molar-refractivity contribution >= 4 is 18.0 Å². The highest BCUT2D eigenvalue weighted by molar-refractivity contribution is 5.89. The van der Waals surface area contributed by atoms with Crippen LogP contribution in [0.5, 0.6) is 0 Å². The fourth-order valence-corrected chi connectivity index (χ4v) is 2.97. The standard InChI is InChI=1S/C21H22F3N5O3/c1-31-20(30)14-4-2-13(3-5-14)18-27-12-17(21(22,23)24)19(29-18)28-16(10-25)11-26-15-6-8-32-9-7-15/h2-5,10-12,15H,6-9,25H2,1H3,(H,27,28,29). The molecule has 0 spiro atoms. The van der Waals surface area contributed by atoms with E-state index < -0.39 is 23.5 Å². The Morgan fingerprint density at radius 1 is 1.28 bits per heavy atom. The third kappa shape index (κ3) is 5.82. The molecule has 1 fully saturated rings. The van der Waals surface area contributed by atoms with Crippen LogP contribution >= 0.6 is 0 Å². The SMILES string of the molecule is COC(=O)c1ccc(-c2ncc(C(F)(F)F)c(NC(C=NC3CCOCC3)=CN)n2)cc1. The van der Waals surface area contributed by atoms with Gasteiger partial charge in [-0.15, -0.1) is 0 Å². The van der Waals surface area contributed by atoms with Gasteiger partial charge in [0.05, 0.1) is 24.4 Å². The van der Waals surface area contributed by atoms with Crippen LogP contribution in [0, 0.1) is 0 Å². The maximum Gasteiger partial charge on any atom is 0.421 e. The number of aliphatic imine (C=N–C) groups is 1. The number of aromatic nitrogens is 2. The number of halogens is 3. The van der Waals surface area contributed by atoms with Crippen LogP contribution in [0.4, 0.5) is 19.0 Å². The van der Waals surface area contributed by atoms with Gasteiger partial charge >= 0.3 is 12.1 Å². The minimum Gasteiger partial charge on any atom is -0.465 e. The summed E-state index contributed by atoms with van der Waals surface area (Å²) in [6.07, 6.45) is -0.0302. The number of hydrogen-bond donors (Lipinski definition) is 2. The van der Waals surface area contributed by atoms with Gasteiger partial charge in [0.1, 0.15) is 11.4 Å². The highest BCUT2D eigenvalue weighted by Crippen LogP contribution is 2.34. The molecule has 0 atom stereocenters. The lowest BCUT2D eigenvalue weighted by atomic mass is 10.1. The highest BCUT2D eigenvalue weighted by Gasteiger charge is 2.35. The van der Waals surface area contributed by atoms with Crippen molar-refractivity contribution in [1.82, 2.24) is 9.97 Å². The van der Waals surface area contributed by atoms with Gasteiger partial charge in [-0.25, -0.2) is 14.8 Å². The Bertz CT molecular complexity index is 1000. The molecule has 2 aromatic rings. The Labute approximate surface area is 182 Å². The molecule has 32 heavy (non-hydrogen) atoms. The molecular formula is C21H22F3N5O3. The molecule has 0 radical (unpaired) electrons. The fourth-order valence-electron chi connectivity index (χ4n) is 2.97. The normalized spacial score (nSPS) is 15.7. The first-order valence-electron chi connectivity index (χ1n) is 9.74. The first-order valence-corrected chi connectivity index (χ1v) is 9.74. The van der Waals surface area contributed by atoms with Crippen molar-refractivity contribution < 1.29 is 27.4 Å². The van der Waals surface area contributed by atoms with E-state index in [4.69, 9.17) is 10.5 Å². The second-order valence-corrected chi connectivity index (χ2v) is 6.89. The molecule has 170 valence electrons. The maximum absolute atomic E-state index is 13.5. The zero-order chi connectivity index (χ0) is 23.1. The molecule has 1 saturated heterocycles. The first-order chi connectivity index (χ1) is 15.3. The molecule has 1 aliphatic rings. The Balaban J connectivity index is 1.88. The summed E-state index contributed by atoms with van der Waals surface area (Å²) in [5.41, 5.74) is 5.41. The van der Waals surface area contributed by atoms with Crippen LogP contribution in [-0.2, 0) is 15.7 Å². The molecule has 8 nitrogen and oxygen atoms in total. The van der Waals surface area contributed by atoms with E-state index in [1.54, 1.807) is 0 Å². The van der Waals surface area contributed by atoms with Gasteiger partial charge in [0.2, 0.25) is 0 Å². The lowest BCUT2D eigenvalue weighted by Crippen LogP contribution is -2.19. The molecule has 1 aliphatic heterocycles. The van der Waals surface area contributed by atoms with Gasteiger partial charge in [-0.1, -0.05) is 12.1 Å². The molecule has 11 heteroatoms. The molecule has 3 N–H and O–H groups in total. The van der Waals surface area contributed by atoms with Crippen LogP contribution in [-0.4, -0.2) is 48.5 Å². The predicted octanol–water partition coefficient (Wildman–Crippen LogP) is 3.41. The van der Waals surface area contributed by atoms with Gasteiger partial charge in [-0.2, -0.15) is 13.2 Å². The van der Waals surface area contributed by atoms with Crippen molar-refractivity contribution in [2.45, 2.75) is 25.1 Å². The number of carbonyl (C=O) groups excluding carboxylic acids is 1. The predicted molar refractivity (Wildman–Crippen MR) is 112 cm³/mol. The molecule has 0 aliphatic carbocycles. The van der Waals surface area contributed by atoms with E-state index in [1.165, 1.54) is 37.6 Å². The smallest absolute Gasteiger partial charge is 0.421 e. The van der Waals surface area contributed by atoms with Gasteiger partial charge in [0.25, 0.3) is 0 Å². The van der Waals surface area contributed by atoms with Crippen molar-refractivity contribution in [3.63, 3.8) is 0 Å². The number of alkyl halides is 3. The summed E-state index contributed by atoms with van der Waals surface area (Å²) in [5.74, 6) is -0.960. The molecule has 0 saturated carbocycles. The number of rotatable bonds is 6. The van der Waals surface area contributed by atoms with E-state index in [9.17, 15) is 18.0 Å². The molecule has 1 aromatic carbocycles. The number of ether oxygens (including phenoxy) is 2. The quantitative estimate of drug-likeness (QED) is 0.513. The summed E-state index contributed by atoms with van der Waals surface area (Å²) in [6.45, 7) is 1.17. The number of esters is 1. The Morgan fingerprint density at radius 2 is 1.97 bits per heavy atom. The average Bonchev–Trinajstić information content (AvgIpc) is 2.81. The van der Waals surface area contributed by atoms with E-state index >= 15 is 0 Å². The van der Waals surface area contributed by atoms with Crippen LogP contribution in [0.2, 0.25) is 0 Å². The van der Waals surface area contributed by atoms with Crippen LogP contribution in [0.3, 0.4) is 0 Å². The van der Waals surface area contributed by atoms with Crippen molar-refractivity contribution in [2.75, 3.05) is 25.6 Å². The third-order valence-electron chi connectivity index (χ3n) is 4.72. The summed E-state index contributed by atoms with van der Waals surface area (Å²) >= 11 is 0. The van der Waals surface area contributed by atoms with Crippen molar-refractivity contribution in [1.29, 1.82) is 0 Å². The summed E-state index contributed by atoms with van der Waals surface area (Å²) < 4.78 is 50.5. The monoisotopic (exact) mass is 449 g/mol. The van der Waals surface area contributed by atoms with Gasteiger partial charge in [-0.05, 0) is 25.0 Å². The van der Waals surface area contributed by atoms with Crippen LogP contribution in [0.1, 0.15) is 28.8 Å². The van der Waals surface area contributed by atoms with E-state index in [-0.39, 0.29) is 17.6 Å². The minimum absolute atomic E-state index is 0.0110. The second-order valence-electron chi connectivity index (χ2n) is 6.89. The lowest BCUT2D eigenvalue weighted by molar-refractivity contribution is -0.137. The van der Waals surface area contributed by atoms with Gasteiger partial charge < -0.3 is 20.5 Å². The zero-order valence-corrected chi connectivity index (χ0v) is 17.2. The van der Waals surface area contributed by atoms with E-state index in [2.05, 4.69) is 25.0 Å². The molecule has 0 unspecified atom stereocenters. The zero-order valence-electron chi connectivity index (χ0n) is 17.2. The summed E-state index contributed by atoms with van der Waals surface area (Å²) in [5, 5.41) is 2.60. The minimum atomic E-state index is -4.69. The Hall–Kier alpha value is -3.47. The third-order valence-corrected chi connectivity index (χ3v) is 4.72. The molecule has 1 aromatic heterocycles. The first kappa shape index (κ1) is 23.2. The van der Waals surface area contributed by atoms with Crippen LogP contribution in [0.15, 0.2) is 47.4 Å². The van der Waals surface area contributed by atoms with E-state index in [0.29, 0.717) is 30.5 Å². The van der Waals surface area contributed by atoms with Gasteiger partial charge in [0.15, 0.2) is 5.82 Å². The summed E-state index contributed by atoms with van der Waals surface area (Å²) in [4.78, 5) is 23.8. The van der Waals surface area contributed by atoms with Crippen molar-refractivity contribution in [3.05, 3.63) is 53.5 Å². The fraction of sp³-hybridized carbons (Fsp3) is 0.333.